The predicted molar refractivity (Wildman–Crippen MR) is 65.4 cm³/mol. The third kappa shape index (κ3) is 4.21. The van der Waals surface area contributed by atoms with E-state index < -0.39 is 0 Å². The molecule has 0 fully saturated rings. The van der Waals surface area contributed by atoms with Gasteiger partial charge < -0.3 is 15.5 Å². The Labute approximate surface area is 97.1 Å². The lowest BCUT2D eigenvalue weighted by Gasteiger charge is -2.15. The fourth-order valence-electron chi connectivity index (χ4n) is 1.58. The molecular weight excluding hydrogens is 202 g/mol. The number of nitrogens with one attached hydrogen (secondary N) is 1. The molecule has 3 N–H and O–H groups in total. The Morgan fingerprint density at radius 1 is 1.38 bits per heavy atom. The summed E-state index contributed by atoms with van der Waals surface area (Å²) in [7, 11) is 0. The highest BCUT2D eigenvalue weighted by atomic mass is 16.3. The van der Waals surface area contributed by atoms with E-state index in [2.05, 4.69) is 5.32 Å². The standard InChI is InChI=1S/C13H21NO2/c1-3-12(15)7-8-14-10(2)11-5-4-6-13(16)9-11/h4-6,9-10,12,14-16H,3,7-8H2,1-2H3. The summed E-state index contributed by atoms with van der Waals surface area (Å²) >= 11 is 0. The van der Waals surface area contributed by atoms with E-state index in [9.17, 15) is 10.2 Å². The normalized spacial score (nSPS) is 14.7. The van der Waals surface area contributed by atoms with Crippen LogP contribution in [0.3, 0.4) is 0 Å². The smallest absolute Gasteiger partial charge is 0.115 e. The Bertz CT molecular complexity index is 315. The first-order chi connectivity index (χ1) is 7.63. The topological polar surface area (TPSA) is 52.5 Å². The molecule has 1 rings (SSSR count). The average molecular weight is 223 g/mol. The minimum Gasteiger partial charge on any atom is -0.508 e. The van der Waals surface area contributed by atoms with Crippen LogP contribution in [-0.2, 0) is 0 Å². The van der Waals surface area contributed by atoms with Crippen LogP contribution in [0.5, 0.6) is 5.75 Å². The lowest BCUT2D eigenvalue weighted by molar-refractivity contribution is 0.159. The second-order valence-corrected chi connectivity index (χ2v) is 4.12. The molecule has 0 aliphatic heterocycles. The largest absolute Gasteiger partial charge is 0.508 e. The van der Waals surface area contributed by atoms with Gasteiger partial charge in [-0.15, -0.1) is 0 Å². The van der Waals surface area contributed by atoms with Gasteiger partial charge in [-0.1, -0.05) is 19.1 Å². The summed E-state index contributed by atoms with van der Waals surface area (Å²) in [5.74, 6) is 0.291. The molecule has 16 heavy (non-hydrogen) atoms. The number of hydrogen-bond acceptors (Lipinski definition) is 3. The van der Waals surface area contributed by atoms with Crippen LogP contribution in [0.4, 0.5) is 0 Å². The fraction of sp³-hybridized carbons (Fsp3) is 0.538. The van der Waals surface area contributed by atoms with Crippen LogP contribution >= 0.6 is 0 Å². The number of phenols is 1. The molecule has 3 nitrogen and oxygen atoms in total. The number of aliphatic hydroxyl groups excluding tert-OH is 1. The molecule has 0 spiro atoms. The van der Waals surface area contributed by atoms with E-state index in [4.69, 9.17) is 0 Å². The van der Waals surface area contributed by atoms with E-state index in [-0.39, 0.29) is 12.1 Å². The SMILES string of the molecule is CCC(O)CCNC(C)c1cccc(O)c1. The molecule has 0 saturated heterocycles. The molecule has 0 aliphatic carbocycles. The minimum absolute atomic E-state index is 0.191. The Kier molecular flexibility index (Phi) is 5.29. The summed E-state index contributed by atoms with van der Waals surface area (Å²) in [6, 6.07) is 7.43. The molecule has 0 heterocycles. The van der Waals surface area contributed by atoms with Crippen LogP contribution < -0.4 is 5.32 Å². The van der Waals surface area contributed by atoms with Crippen LogP contribution in [0.15, 0.2) is 24.3 Å². The number of rotatable bonds is 6. The van der Waals surface area contributed by atoms with E-state index in [1.54, 1.807) is 12.1 Å². The third-order valence-corrected chi connectivity index (χ3v) is 2.77. The summed E-state index contributed by atoms with van der Waals surface area (Å²) in [5.41, 5.74) is 1.06. The fourth-order valence-corrected chi connectivity index (χ4v) is 1.58. The lowest BCUT2D eigenvalue weighted by atomic mass is 10.1. The number of phenolic OH excluding ortho intramolecular Hbond substituents is 1. The number of aliphatic hydroxyl groups is 1. The molecule has 3 heteroatoms. The first-order valence-corrected chi connectivity index (χ1v) is 5.84. The van der Waals surface area contributed by atoms with Crippen molar-refractivity contribution in [2.75, 3.05) is 6.54 Å². The molecule has 2 atom stereocenters. The van der Waals surface area contributed by atoms with Gasteiger partial charge in [0.25, 0.3) is 0 Å². The first kappa shape index (κ1) is 13.0. The Hall–Kier alpha value is -1.06. The second kappa shape index (κ2) is 6.51. The predicted octanol–water partition coefficient (Wildman–Crippen LogP) is 2.20. The summed E-state index contributed by atoms with van der Waals surface area (Å²) < 4.78 is 0. The van der Waals surface area contributed by atoms with Crippen molar-refractivity contribution in [3.63, 3.8) is 0 Å². The average Bonchev–Trinajstić information content (AvgIpc) is 2.28. The maximum Gasteiger partial charge on any atom is 0.115 e. The third-order valence-electron chi connectivity index (χ3n) is 2.77. The summed E-state index contributed by atoms with van der Waals surface area (Å²) in [4.78, 5) is 0. The highest BCUT2D eigenvalue weighted by Gasteiger charge is 2.06. The maximum atomic E-state index is 9.41. The molecule has 1 aromatic carbocycles. The lowest BCUT2D eigenvalue weighted by Crippen LogP contribution is -2.23. The van der Waals surface area contributed by atoms with E-state index >= 15 is 0 Å². The van der Waals surface area contributed by atoms with Crippen LogP contribution in [0.2, 0.25) is 0 Å². The van der Waals surface area contributed by atoms with Gasteiger partial charge in [-0.25, -0.2) is 0 Å². The van der Waals surface area contributed by atoms with Crippen molar-refractivity contribution >= 4 is 0 Å². The number of benzene rings is 1. The van der Waals surface area contributed by atoms with E-state index in [1.807, 2.05) is 26.0 Å². The maximum absolute atomic E-state index is 9.41. The van der Waals surface area contributed by atoms with Gasteiger partial charge in [0.15, 0.2) is 0 Å². The molecule has 0 amide bonds. The number of aromatic hydroxyl groups is 1. The van der Waals surface area contributed by atoms with E-state index in [1.165, 1.54) is 0 Å². The highest BCUT2D eigenvalue weighted by molar-refractivity contribution is 5.28. The van der Waals surface area contributed by atoms with Gasteiger partial charge in [0.2, 0.25) is 0 Å². The molecule has 0 saturated carbocycles. The van der Waals surface area contributed by atoms with Crippen molar-refractivity contribution in [2.45, 2.75) is 38.8 Å². The van der Waals surface area contributed by atoms with Gasteiger partial charge in [0.05, 0.1) is 6.10 Å². The van der Waals surface area contributed by atoms with E-state index in [0.717, 1.165) is 24.9 Å². The molecule has 90 valence electrons. The minimum atomic E-state index is -0.219. The van der Waals surface area contributed by atoms with E-state index in [0.29, 0.717) is 5.75 Å². The van der Waals surface area contributed by atoms with Crippen molar-refractivity contribution in [3.8, 4) is 5.75 Å². The zero-order chi connectivity index (χ0) is 12.0. The van der Waals surface area contributed by atoms with Crippen molar-refractivity contribution < 1.29 is 10.2 Å². The van der Waals surface area contributed by atoms with Gasteiger partial charge in [0, 0.05) is 6.04 Å². The van der Waals surface area contributed by atoms with Crippen molar-refractivity contribution in [1.29, 1.82) is 0 Å². The molecule has 2 unspecified atom stereocenters. The van der Waals surface area contributed by atoms with Gasteiger partial charge >= 0.3 is 0 Å². The summed E-state index contributed by atoms with van der Waals surface area (Å²) in [6.45, 7) is 4.81. The number of hydrogen-bond donors (Lipinski definition) is 3. The monoisotopic (exact) mass is 223 g/mol. The molecule has 0 aliphatic rings. The highest BCUT2D eigenvalue weighted by Crippen LogP contribution is 2.17. The van der Waals surface area contributed by atoms with Crippen molar-refractivity contribution in [3.05, 3.63) is 29.8 Å². The van der Waals surface area contributed by atoms with Crippen LogP contribution in [0.1, 0.15) is 38.3 Å². The summed E-state index contributed by atoms with van der Waals surface area (Å²) in [6.07, 6.45) is 1.34. The zero-order valence-corrected chi connectivity index (χ0v) is 9.98. The first-order valence-electron chi connectivity index (χ1n) is 5.84. The van der Waals surface area contributed by atoms with Crippen molar-refractivity contribution in [2.24, 2.45) is 0 Å². The summed E-state index contributed by atoms with van der Waals surface area (Å²) in [5, 5.41) is 22.1. The Morgan fingerprint density at radius 3 is 2.75 bits per heavy atom. The van der Waals surface area contributed by atoms with Gasteiger partial charge in [-0.05, 0) is 44.0 Å². The molecule has 0 radical (unpaired) electrons. The van der Waals surface area contributed by atoms with Crippen LogP contribution in [0, 0.1) is 0 Å². The van der Waals surface area contributed by atoms with Crippen LogP contribution in [0.25, 0.3) is 0 Å². The van der Waals surface area contributed by atoms with Crippen molar-refractivity contribution in [1.82, 2.24) is 5.32 Å². The quantitative estimate of drug-likeness (QED) is 0.693. The molecular formula is C13H21NO2. The van der Waals surface area contributed by atoms with Gasteiger partial charge in [0.1, 0.15) is 5.75 Å². The van der Waals surface area contributed by atoms with Gasteiger partial charge in [-0.3, -0.25) is 0 Å². The second-order valence-electron chi connectivity index (χ2n) is 4.12. The zero-order valence-electron chi connectivity index (χ0n) is 9.98. The molecule has 0 bridgehead atoms. The van der Waals surface area contributed by atoms with Crippen LogP contribution in [-0.4, -0.2) is 22.9 Å². The molecule has 1 aromatic rings. The van der Waals surface area contributed by atoms with Gasteiger partial charge in [-0.2, -0.15) is 0 Å². The Morgan fingerprint density at radius 2 is 2.12 bits per heavy atom. The molecule has 0 aromatic heterocycles. The Balaban J connectivity index is 2.38.